The molecule has 1 heterocycles. The van der Waals surface area contributed by atoms with Crippen LogP contribution < -0.4 is 15.8 Å². The first-order chi connectivity index (χ1) is 13.1. The molecule has 1 atom stereocenters. The number of nitrogens with one attached hydrogen (secondary N) is 1. The molecule has 3 rings (SSSR count). The van der Waals surface area contributed by atoms with Crippen molar-refractivity contribution in [2.24, 2.45) is 11.7 Å². The molecule has 1 aliphatic rings. The van der Waals surface area contributed by atoms with Crippen LogP contribution in [0.4, 0.5) is 5.69 Å². The van der Waals surface area contributed by atoms with Gasteiger partial charge in [0.15, 0.2) is 0 Å². The van der Waals surface area contributed by atoms with Gasteiger partial charge in [-0.05, 0) is 42.9 Å². The van der Waals surface area contributed by atoms with Crippen molar-refractivity contribution in [3.63, 3.8) is 0 Å². The van der Waals surface area contributed by atoms with Crippen LogP contribution >= 0.6 is 12.4 Å². The maximum absolute atomic E-state index is 12.4. The summed E-state index contributed by atoms with van der Waals surface area (Å²) in [7, 11) is 0. The summed E-state index contributed by atoms with van der Waals surface area (Å²) in [6.45, 7) is 4.31. The molecule has 2 aromatic rings. The number of benzene rings is 2. The Labute approximate surface area is 173 Å². The maximum atomic E-state index is 12.4. The van der Waals surface area contributed by atoms with Crippen LogP contribution in [0.1, 0.15) is 36.4 Å². The van der Waals surface area contributed by atoms with E-state index < -0.39 is 0 Å². The van der Waals surface area contributed by atoms with Gasteiger partial charge >= 0.3 is 0 Å². The second kappa shape index (κ2) is 11.1. The third-order valence-electron chi connectivity index (χ3n) is 4.92. The monoisotopic (exact) mass is 404 g/mol. The van der Waals surface area contributed by atoms with Crippen molar-refractivity contribution in [2.75, 3.05) is 25.1 Å². The van der Waals surface area contributed by atoms with E-state index in [1.54, 1.807) is 0 Å². The highest BCUT2D eigenvalue weighted by atomic mass is 35.5. The topological polar surface area (TPSA) is 73.6 Å². The Hall–Kier alpha value is -2.08. The standard InChI is InChI=1S/C22H28N2O3.ClH/c1-16-7-8-19(13-21(16)27-15-17-9-11-26-12-10-17)24-22(25)14-20(23)18-5-3-2-4-6-18;/h2-8,13,17,20H,9-12,14-15,23H2,1H3,(H,24,25);1H. The average Bonchev–Trinajstić information content (AvgIpc) is 2.69. The molecule has 0 saturated carbocycles. The Balaban J connectivity index is 0.00000280. The van der Waals surface area contributed by atoms with Gasteiger partial charge in [0, 0.05) is 37.4 Å². The van der Waals surface area contributed by atoms with Crippen molar-refractivity contribution in [3.05, 3.63) is 59.7 Å². The number of nitrogens with two attached hydrogens (primary N) is 1. The van der Waals surface area contributed by atoms with Gasteiger partial charge in [0.25, 0.3) is 0 Å². The number of amides is 1. The molecule has 1 fully saturated rings. The Morgan fingerprint density at radius 3 is 2.64 bits per heavy atom. The molecular weight excluding hydrogens is 376 g/mol. The zero-order valence-corrected chi connectivity index (χ0v) is 17.0. The van der Waals surface area contributed by atoms with Gasteiger partial charge < -0.3 is 20.5 Å². The molecule has 28 heavy (non-hydrogen) atoms. The van der Waals surface area contributed by atoms with Crippen molar-refractivity contribution >= 4 is 24.0 Å². The largest absolute Gasteiger partial charge is 0.493 e. The zero-order valence-electron chi connectivity index (χ0n) is 16.2. The second-order valence-corrected chi connectivity index (χ2v) is 7.12. The molecule has 1 unspecified atom stereocenters. The summed E-state index contributed by atoms with van der Waals surface area (Å²) in [5.74, 6) is 1.23. The lowest BCUT2D eigenvalue weighted by Gasteiger charge is -2.22. The number of aryl methyl sites for hydroxylation is 1. The molecule has 1 amide bonds. The fourth-order valence-corrected chi connectivity index (χ4v) is 3.18. The molecule has 0 aromatic heterocycles. The third kappa shape index (κ3) is 6.51. The summed E-state index contributed by atoms with van der Waals surface area (Å²) in [5, 5.41) is 2.93. The first-order valence-electron chi connectivity index (χ1n) is 9.53. The number of hydrogen-bond acceptors (Lipinski definition) is 4. The third-order valence-corrected chi connectivity index (χ3v) is 4.92. The molecule has 0 spiro atoms. The van der Waals surface area contributed by atoms with Gasteiger partial charge in [-0.15, -0.1) is 12.4 Å². The van der Waals surface area contributed by atoms with Crippen LogP contribution in [-0.2, 0) is 9.53 Å². The molecule has 0 aliphatic carbocycles. The molecule has 0 radical (unpaired) electrons. The Kier molecular flexibility index (Phi) is 8.77. The maximum Gasteiger partial charge on any atom is 0.226 e. The number of hydrogen-bond donors (Lipinski definition) is 2. The summed E-state index contributed by atoms with van der Waals surface area (Å²) in [6, 6.07) is 15.1. The highest BCUT2D eigenvalue weighted by Crippen LogP contribution is 2.25. The van der Waals surface area contributed by atoms with Gasteiger partial charge in [-0.25, -0.2) is 0 Å². The van der Waals surface area contributed by atoms with Crippen LogP contribution in [-0.4, -0.2) is 25.7 Å². The van der Waals surface area contributed by atoms with Gasteiger partial charge in [0.05, 0.1) is 6.61 Å². The highest BCUT2D eigenvalue weighted by Gasteiger charge is 2.16. The van der Waals surface area contributed by atoms with Gasteiger partial charge in [0.2, 0.25) is 5.91 Å². The van der Waals surface area contributed by atoms with E-state index in [9.17, 15) is 4.79 Å². The van der Waals surface area contributed by atoms with E-state index in [0.29, 0.717) is 12.5 Å². The van der Waals surface area contributed by atoms with E-state index in [4.69, 9.17) is 15.2 Å². The highest BCUT2D eigenvalue weighted by molar-refractivity contribution is 5.91. The fraction of sp³-hybridized carbons (Fsp3) is 0.409. The molecule has 3 N–H and O–H groups in total. The molecule has 2 aromatic carbocycles. The van der Waals surface area contributed by atoms with Crippen LogP contribution in [0, 0.1) is 12.8 Å². The number of anilines is 1. The number of ether oxygens (including phenoxy) is 2. The van der Waals surface area contributed by atoms with Gasteiger partial charge in [-0.1, -0.05) is 36.4 Å². The average molecular weight is 405 g/mol. The van der Waals surface area contributed by atoms with E-state index in [1.807, 2.05) is 55.5 Å². The Morgan fingerprint density at radius 1 is 1.21 bits per heavy atom. The number of rotatable bonds is 7. The quantitative estimate of drug-likeness (QED) is 0.723. The van der Waals surface area contributed by atoms with E-state index in [0.717, 1.165) is 48.6 Å². The van der Waals surface area contributed by atoms with Crippen molar-refractivity contribution in [2.45, 2.75) is 32.2 Å². The van der Waals surface area contributed by atoms with Crippen molar-refractivity contribution in [3.8, 4) is 5.75 Å². The predicted molar refractivity (Wildman–Crippen MR) is 114 cm³/mol. The summed E-state index contributed by atoms with van der Waals surface area (Å²) in [4.78, 5) is 12.4. The van der Waals surface area contributed by atoms with Crippen LogP contribution in [0.15, 0.2) is 48.5 Å². The summed E-state index contributed by atoms with van der Waals surface area (Å²) in [5.41, 5.74) is 8.88. The SMILES string of the molecule is Cc1ccc(NC(=O)CC(N)c2ccccc2)cc1OCC1CCOCC1.Cl. The van der Waals surface area contributed by atoms with Crippen LogP contribution in [0.5, 0.6) is 5.75 Å². The molecule has 6 heteroatoms. The summed E-state index contributed by atoms with van der Waals surface area (Å²) < 4.78 is 11.4. The number of carbonyl (C=O) groups is 1. The van der Waals surface area contributed by atoms with Crippen molar-refractivity contribution in [1.82, 2.24) is 0 Å². The second-order valence-electron chi connectivity index (χ2n) is 7.12. The van der Waals surface area contributed by atoms with Gasteiger partial charge in [-0.2, -0.15) is 0 Å². The molecule has 152 valence electrons. The number of carbonyl (C=O) groups excluding carboxylic acids is 1. The minimum absolute atomic E-state index is 0. The van der Waals surface area contributed by atoms with E-state index in [-0.39, 0.29) is 30.8 Å². The Morgan fingerprint density at radius 2 is 1.93 bits per heavy atom. The minimum Gasteiger partial charge on any atom is -0.493 e. The molecular formula is C22H29ClN2O3. The van der Waals surface area contributed by atoms with Gasteiger partial charge in [0.1, 0.15) is 5.75 Å². The first-order valence-corrected chi connectivity index (χ1v) is 9.53. The first kappa shape index (κ1) is 22.2. The smallest absolute Gasteiger partial charge is 0.226 e. The number of halogens is 1. The minimum atomic E-state index is -0.319. The zero-order chi connectivity index (χ0) is 19.1. The van der Waals surface area contributed by atoms with E-state index in [1.165, 1.54) is 0 Å². The van der Waals surface area contributed by atoms with Crippen LogP contribution in [0.3, 0.4) is 0 Å². The fourth-order valence-electron chi connectivity index (χ4n) is 3.18. The lowest BCUT2D eigenvalue weighted by atomic mass is 10.0. The summed E-state index contributed by atoms with van der Waals surface area (Å²) >= 11 is 0. The van der Waals surface area contributed by atoms with Crippen LogP contribution in [0.2, 0.25) is 0 Å². The molecule has 1 aliphatic heterocycles. The van der Waals surface area contributed by atoms with E-state index in [2.05, 4.69) is 5.32 Å². The van der Waals surface area contributed by atoms with E-state index >= 15 is 0 Å². The Bertz CT molecular complexity index is 749. The van der Waals surface area contributed by atoms with Crippen molar-refractivity contribution in [1.29, 1.82) is 0 Å². The van der Waals surface area contributed by atoms with Crippen LogP contribution in [0.25, 0.3) is 0 Å². The van der Waals surface area contributed by atoms with Crippen molar-refractivity contribution < 1.29 is 14.3 Å². The summed E-state index contributed by atoms with van der Waals surface area (Å²) in [6.07, 6.45) is 2.30. The predicted octanol–water partition coefficient (Wildman–Crippen LogP) is 4.25. The van der Waals surface area contributed by atoms with Gasteiger partial charge in [-0.3, -0.25) is 4.79 Å². The molecule has 5 nitrogen and oxygen atoms in total. The molecule has 0 bridgehead atoms. The molecule has 1 saturated heterocycles. The lowest BCUT2D eigenvalue weighted by molar-refractivity contribution is -0.116. The lowest BCUT2D eigenvalue weighted by Crippen LogP contribution is -2.22. The normalized spacial score (nSPS) is 15.4.